The van der Waals surface area contributed by atoms with Gasteiger partial charge in [-0.15, -0.1) is 0 Å². The van der Waals surface area contributed by atoms with E-state index in [9.17, 15) is 0 Å². The summed E-state index contributed by atoms with van der Waals surface area (Å²) < 4.78 is 6.25. The maximum Gasteiger partial charge on any atom is 0.102 e. The molecule has 0 radical (unpaired) electrons. The monoisotopic (exact) mass is 402 g/mol. The van der Waals surface area contributed by atoms with E-state index in [0.29, 0.717) is 0 Å². The maximum absolute atomic E-state index is 6.25. The summed E-state index contributed by atoms with van der Waals surface area (Å²) in [7, 11) is 0. The number of benzene rings is 3. The molecule has 0 N–H and O–H groups in total. The average Bonchev–Trinajstić information content (AvgIpc) is 3.52. The van der Waals surface area contributed by atoms with Gasteiger partial charge in [-0.25, -0.2) is 0 Å². The quantitative estimate of drug-likeness (QED) is 0.383. The van der Waals surface area contributed by atoms with Crippen molar-refractivity contribution in [1.29, 1.82) is 0 Å². The molecule has 3 aliphatic carbocycles. The molecule has 2 bridgehead atoms. The van der Waals surface area contributed by atoms with Crippen LogP contribution in [0.25, 0.3) is 0 Å². The summed E-state index contributed by atoms with van der Waals surface area (Å²) in [5.74, 6) is 0. The Hall–Kier alpha value is -2.64. The van der Waals surface area contributed by atoms with Crippen molar-refractivity contribution in [3.63, 3.8) is 0 Å². The van der Waals surface area contributed by atoms with Crippen molar-refractivity contribution in [2.45, 2.75) is 56.1 Å². The first-order chi connectivity index (χ1) is 14.9. The maximum atomic E-state index is 6.25. The molecule has 31 heavy (non-hydrogen) atoms. The third-order valence-electron chi connectivity index (χ3n) is 10.7. The van der Waals surface area contributed by atoms with Crippen molar-refractivity contribution in [3.8, 4) is 0 Å². The lowest BCUT2D eigenvalue weighted by Gasteiger charge is -2.49. The van der Waals surface area contributed by atoms with Gasteiger partial charge in [0.15, 0.2) is 0 Å². The summed E-state index contributed by atoms with van der Waals surface area (Å²) in [5.41, 5.74) is 11.8. The molecule has 5 aliphatic rings. The van der Waals surface area contributed by atoms with Crippen LogP contribution in [-0.2, 0) is 21.0 Å². The Morgan fingerprint density at radius 3 is 1.29 bits per heavy atom. The fourth-order valence-electron chi connectivity index (χ4n) is 9.02. The van der Waals surface area contributed by atoms with E-state index in [2.05, 4.69) is 101 Å². The Bertz CT molecular complexity index is 1300. The van der Waals surface area contributed by atoms with Gasteiger partial charge in [0.05, 0.1) is 0 Å². The van der Waals surface area contributed by atoms with Crippen LogP contribution in [0.5, 0.6) is 0 Å². The minimum Gasteiger partial charge on any atom is -0.357 e. The normalized spacial score (nSPS) is 41.2. The molecule has 3 aromatic carbocycles. The molecule has 3 aromatic rings. The Labute approximate surface area is 183 Å². The molecule has 2 aliphatic heterocycles. The van der Waals surface area contributed by atoms with Crippen LogP contribution in [0.3, 0.4) is 0 Å². The van der Waals surface area contributed by atoms with Gasteiger partial charge in [-0.2, -0.15) is 0 Å². The molecule has 1 heteroatoms. The van der Waals surface area contributed by atoms with Gasteiger partial charge in [-0.05, 0) is 44.5 Å². The second-order valence-corrected chi connectivity index (χ2v) is 11.0. The van der Waals surface area contributed by atoms with Crippen molar-refractivity contribution < 1.29 is 4.74 Å². The zero-order chi connectivity index (χ0) is 21.0. The van der Waals surface area contributed by atoms with E-state index in [1.165, 1.54) is 44.5 Å². The highest BCUT2D eigenvalue weighted by Crippen LogP contribution is 2.82. The molecule has 2 unspecified atom stereocenters. The third-order valence-corrected chi connectivity index (χ3v) is 10.7. The van der Waals surface area contributed by atoms with E-state index in [1.54, 1.807) is 0 Å². The Morgan fingerprint density at radius 2 is 0.903 bits per heavy atom. The number of ether oxygens (including phenoxy) is 1. The molecule has 0 saturated carbocycles. The molecule has 152 valence electrons. The predicted molar refractivity (Wildman–Crippen MR) is 123 cm³/mol. The number of hydrogen-bond acceptors (Lipinski definition) is 1. The van der Waals surface area contributed by atoms with Crippen LogP contribution in [0.15, 0.2) is 72.8 Å². The molecule has 0 aromatic heterocycles. The van der Waals surface area contributed by atoms with Gasteiger partial charge in [0.25, 0.3) is 0 Å². The predicted octanol–water partition coefficient (Wildman–Crippen LogP) is 6.63. The second kappa shape index (κ2) is 4.59. The lowest BCUT2D eigenvalue weighted by molar-refractivity contribution is 0.0867. The summed E-state index contributed by atoms with van der Waals surface area (Å²) in [5, 5.41) is 0. The van der Waals surface area contributed by atoms with Crippen LogP contribution in [0, 0.1) is 5.41 Å². The molecule has 2 heterocycles. The molecule has 8 rings (SSSR count). The molecule has 0 saturated heterocycles. The van der Waals surface area contributed by atoms with Crippen LogP contribution >= 0.6 is 0 Å². The zero-order valence-corrected chi connectivity index (χ0v) is 18.5. The number of rotatable bonds is 0. The summed E-state index contributed by atoms with van der Waals surface area (Å²) in [4.78, 5) is 0. The highest BCUT2D eigenvalue weighted by atomic mass is 16.5. The number of hydrogen-bond donors (Lipinski definition) is 0. The van der Waals surface area contributed by atoms with E-state index in [4.69, 9.17) is 4.74 Å². The smallest absolute Gasteiger partial charge is 0.102 e. The first kappa shape index (κ1) is 17.0. The topological polar surface area (TPSA) is 9.23 Å². The Morgan fingerprint density at radius 1 is 0.548 bits per heavy atom. The number of fused-ring (bicyclic) bond motifs is 14. The highest BCUT2D eigenvalue weighted by Gasteiger charge is 2.79. The van der Waals surface area contributed by atoms with Gasteiger partial charge in [0.1, 0.15) is 12.2 Å². The summed E-state index contributed by atoms with van der Waals surface area (Å²) >= 11 is 0. The minimum absolute atomic E-state index is 0.0190. The van der Waals surface area contributed by atoms with Gasteiger partial charge < -0.3 is 4.74 Å². The van der Waals surface area contributed by atoms with E-state index in [0.717, 1.165) is 0 Å². The summed E-state index contributed by atoms with van der Waals surface area (Å²) in [6.07, 6.45) is 4.74. The average molecular weight is 403 g/mol. The van der Waals surface area contributed by atoms with E-state index < -0.39 is 0 Å². The van der Waals surface area contributed by atoms with Crippen molar-refractivity contribution in [2.24, 2.45) is 5.41 Å². The van der Waals surface area contributed by atoms with Crippen molar-refractivity contribution in [1.82, 2.24) is 0 Å². The SMILES string of the molecule is CC12c3ccccc3[C@@]3(C)c4cc5c(cc4[C@@](C)(c4ccccc41)C23C)[C@H]1C=C[C@@H]5O1. The van der Waals surface area contributed by atoms with Crippen molar-refractivity contribution in [3.05, 3.63) is 117 Å². The van der Waals surface area contributed by atoms with E-state index in [-0.39, 0.29) is 33.9 Å². The van der Waals surface area contributed by atoms with Crippen molar-refractivity contribution >= 4 is 0 Å². The molecular formula is C30H26O. The van der Waals surface area contributed by atoms with E-state index in [1.807, 2.05) is 0 Å². The first-order valence-electron chi connectivity index (χ1n) is 11.6. The van der Waals surface area contributed by atoms with Crippen LogP contribution in [0.2, 0.25) is 0 Å². The third kappa shape index (κ3) is 1.32. The van der Waals surface area contributed by atoms with Gasteiger partial charge in [0, 0.05) is 21.7 Å². The molecule has 0 amide bonds. The minimum atomic E-state index is -0.0535. The highest BCUT2D eigenvalue weighted by molar-refractivity contribution is 5.77. The largest absolute Gasteiger partial charge is 0.357 e. The molecule has 6 atom stereocenters. The van der Waals surface area contributed by atoms with Crippen LogP contribution < -0.4 is 0 Å². The van der Waals surface area contributed by atoms with Crippen LogP contribution in [0.1, 0.15) is 84.4 Å². The first-order valence-corrected chi connectivity index (χ1v) is 11.6. The van der Waals surface area contributed by atoms with E-state index >= 15 is 0 Å². The van der Waals surface area contributed by atoms with Gasteiger partial charge in [-0.3, -0.25) is 0 Å². The summed E-state index contributed by atoms with van der Waals surface area (Å²) in [6.45, 7) is 10.2. The fourth-order valence-corrected chi connectivity index (χ4v) is 9.02. The molecule has 0 fully saturated rings. The van der Waals surface area contributed by atoms with Gasteiger partial charge >= 0.3 is 0 Å². The van der Waals surface area contributed by atoms with Crippen molar-refractivity contribution in [2.75, 3.05) is 0 Å². The second-order valence-electron chi connectivity index (χ2n) is 11.0. The van der Waals surface area contributed by atoms with Crippen LogP contribution in [-0.4, -0.2) is 0 Å². The summed E-state index contributed by atoms with van der Waals surface area (Å²) in [6, 6.07) is 23.6. The lowest BCUT2D eigenvalue weighted by Crippen LogP contribution is -2.51. The van der Waals surface area contributed by atoms with Crippen LogP contribution in [0.4, 0.5) is 0 Å². The van der Waals surface area contributed by atoms with Gasteiger partial charge in [-0.1, -0.05) is 101 Å². The molecule has 1 nitrogen and oxygen atoms in total. The lowest BCUT2D eigenvalue weighted by atomic mass is 9.52. The molecular weight excluding hydrogens is 376 g/mol. The fraction of sp³-hybridized carbons (Fsp3) is 0.333. The molecule has 0 spiro atoms. The standard InChI is InChI=1S/C30H26O/c1-27-19-9-5-7-11-21(19)28(2)23-15-17-18(26-14-13-25(17)31-26)16-24(23)29(3,30(27,28)4)22-12-8-6-10-20(22)27/h5-16,25-26H,1-4H3/t25-,26+,27?,28-,29+,30?. The Kier molecular flexibility index (Phi) is 2.51. The Balaban J connectivity index is 1.60. The van der Waals surface area contributed by atoms with Gasteiger partial charge in [0.2, 0.25) is 0 Å². The zero-order valence-electron chi connectivity index (χ0n) is 18.5.